The highest BCUT2D eigenvalue weighted by atomic mass is 19.1. The first-order chi connectivity index (χ1) is 12.0. The third kappa shape index (κ3) is 4.23. The predicted molar refractivity (Wildman–Crippen MR) is 89.5 cm³/mol. The van der Waals surface area contributed by atoms with E-state index in [2.05, 4.69) is 15.6 Å². The Morgan fingerprint density at radius 1 is 1.32 bits per heavy atom. The zero-order valence-corrected chi connectivity index (χ0v) is 13.9. The summed E-state index contributed by atoms with van der Waals surface area (Å²) in [5, 5.41) is 10.9. The van der Waals surface area contributed by atoms with Crippen LogP contribution in [0.4, 0.5) is 15.0 Å². The van der Waals surface area contributed by atoms with E-state index in [0.717, 1.165) is 5.56 Å². The number of aryl methyl sites for hydroxylation is 1. The molecule has 2 aromatic heterocycles. The summed E-state index contributed by atoms with van der Waals surface area (Å²) in [6.07, 6.45) is 1.60. The molecule has 0 saturated heterocycles. The maximum atomic E-state index is 13.0. The fourth-order valence-corrected chi connectivity index (χ4v) is 2.34. The lowest BCUT2D eigenvalue weighted by Crippen LogP contribution is -2.31. The van der Waals surface area contributed by atoms with E-state index in [-0.39, 0.29) is 11.8 Å². The van der Waals surface area contributed by atoms with Crippen molar-refractivity contribution in [3.63, 3.8) is 0 Å². The number of anilines is 1. The Kier molecular flexibility index (Phi) is 4.78. The molecule has 0 atom stereocenters. The first kappa shape index (κ1) is 16.7. The summed E-state index contributed by atoms with van der Waals surface area (Å²) < 4.78 is 19.6. The van der Waals surface area contributed by atoms with Crippen LogP contribution in [-0.4, -0.2) is 32.9 Å². The van der Waals surface area contributed by atoms with Crippen molar-refractivity contribution in [1.82, 2.24) is 19.8 Å². The van der Waals surface area contributed by atoms with E-state index in [1.54, 1.807) is 49.1 Å². The number of nitrogens with one attached hydrogen (secondary N) is 1. The minimum Gasteiger partial charge on any atom is -0.361 e. The summed E-state index contributed by atoms with van der Waals surface area (Å²) >= 11 is 0. The molecule has 2 heterocycles. The average Bonchev–Trinajstić information content (AvgIpc) is 3.19. The first-order valence-electron chi connectivity index (χ1n) is 7.72. The van der Waals surface area contributed by atoms with Gasteiger partial charge in [-0.15, -0.1) is 0 Å². The third-order valence-corrected chi connectivity index (χ3v) is 3.62. The fraction of sp³-hybridized carbons (Fsp3) is 0.235. The molecule has 0 aliphatic heterocycles. The van der Waals surface area contributed by atoms with Gasteiger partial charge in [-0.2, -0.15) is 5.10 Å². The van der Waals surface area contributed by atoms with Crippen LogP contribution in [0.25, 0.3) is 0 Å². The zero-order valence-electron chi connectivity index (χ0n) is 13.9. The van der Waals surface area contributed by atoms with Crippen molar-refractivity contribution in [3.8, 4) is 0 Å². The number of carbonyl (C=O) groups excluding carboxylic acids is 1. The second-order valence-corrected chi connectivity index (χ2v) is 5.72. The lowest BCUT2D eigenvalue weighted by molar-refractivity contribution is 0.219. The Hall–Kier alpha value is -3.16. The molecular weight excluding hydrogens is 325 g/mol. The standard InChI is InChI=1S/C17H18FN5O2/c1-12-9-15(21-25-12)11-22(2)17(24)20-16-7-8-19-23(16)10-13-3-5-14(18)6-4-13/h3-9H,10-11H2,1-2H3,(H,20,24). The van der Waals surface area contributed by atoms with Gasteiger partial charge in [0.1, 0.15) is 23.1 Å². The van der Waals surface area contributed by atoms with Crippen LogP contribution in [0.5, 0.6) is 0 Å². The summed E-state index contributed by atoms with van der Waals surface area (Å²) in [6.45, 7) is 2.55. The fourth-order valence-electron chi connectivity index (χ4n) is 2.34. The molecule has 7 nitrogen and oxygen atoms in total. The molecule has 8 heteroatoms. The smallest absolute Gasteiger partial charge is 0.323 e. The molecule has 1 aromatic carbocycles. The van der Waals surface area contributed by atoms with Crippen LogP contribution in [0, 0.1) is 12.7 Å². The second-order valence-electron chi connectivity index (χ2n) is 5.72. The zero-order chi connectivity index (χ0) is 17.8. The predicted octanol–water partition coefficient (Wildman–Crippen LogP) is 3.03. The molecule has 0 aliphatic rings. The molecule has 0 spiro atoms. The van der Waals surface area contributed by atoms with Gasteiger partial charge in [0, 0.05) is 19.2 Å². The number of carbonyl (C=O) groups is 1. The maximum absolute atomic E-state index is 13.0. The number of amides is 2. The van der Waals surface area contributed by atoms with Gasteiger partial charge in [0.05, 0.1) is 19.3 Å². The Labute approximate surface area is 144 Å². The topological polar surface area (TPSA) is 76.2 Å². The molecule has 2 amide bonds. The Bertz CT molecular complexity index is 856. The number of hydrogen-bond donors (Lipinski definition) is 1. The molecule has 0 saturated carbocycles. The van der Waals surface area contributed by atoms with E-state index >= 15 is 0 Å². The van der Waals surface area contributed by atoms with E-state index in [9.17, 15) is 9.18 Å². The van der Waals surface area contributed by atoms with Crippen LogP contribution >= 0.6 is 0 Å². The normalized spacial score (nSPS) is 10.7. The molecule has 0 aliphatic carbocycles. The highest BCUT2D eigenvalue weighted by molar-refractivity contribution is 5.88. The molecular formula is C17H18FN5O2. The van der Waals surface area contributed by atoms with Crippen molar-refractivity contribution in [2.45, 2.75) is 20.0 Å². The van der Waals surface area contributed by atoms with E-state index in [0.29, 0.717) is 30.4 Å². The van der Waals surface area contributed by atoms with Gasteiger partial charge in [-0.3, -0.25) is 5.32 Å². The van der Waals surface area contributed by atoms with Crippen molar-refractivity contribution >= 4 is 11.8 Å². The van der Waals surface area contributed by atoms with Crippen LogP contribution in [0.3, 0.4) is 0 Å². The van der Waals surface area contributed by atoms with Crippen LogP contribution in [0.15, 0.2) is 47.1 Å². The van der Waals surface area contributed by atoms with E-state index in [1.165, 1.54) is 17.0 Å². The number of hydrogen-bond acceptors (Lipinski definition) is 4. The largest absolute Gasteiger partial charge is 0.361 e. The van der Waals surface area contributed by atoms with E-state index in [4.69, 9.17) is 4.52 Å². The summed E-state index contributed by atoms with van der Waals surface area (Å²) in [7, 11) is 1.67. The summed E-state index contributed by atoms with van der Waals surface area (Å²) in [5.74, 6) is 0.959. The maximum Gasteiger partial charge on any atom is 0.323 e. The third-order valence-electron chi connectivity index (χ3n) is 3.62. The van der Waals surface area contributed by atoms with Gasteiger partial charge in [0.2, 0.25) is 0 Å². The van der Waals surface area contributed by atoms with Gasteiger partial charge in [0.25, 0.3) is 0 Å². The van der Waals surface area contributed by atoms with Crippen LogP contribution < -0.4 is 5.32 Å². The van der Waals surface area contributed by atoms with Crippen molar-refractivity contribution in [2.75, 3.05) is 12.4 Å². The average molecular weight is 343 g/mol. The number of halogens is 1. The molecule has 0 bridgehead atoms. The summed E-state index contributed by atoms with van der Waals surface area (Å²) in [6, 6.07) is 9.35. The second kappa shape index (κ2) is 7.16. The highest BCUT2D eigenvalue weighted by Gasteiger charge is 2.14. The number of nitrogens with zero attached hydrogens (tertiary/aromatic N) is 4. The van der Waals surface area contributed by atoms with Crippen molar-refractivity contribution in [3.05, 3.63) is 65.4 Å². The number of benzene rings is 1. The lowest BCUT2D eigenvalue weighted by atomic mass is 10.2. The summed E-state index contributed by atoms with van der Waals surface area (Å²) in [4.78, 5) is 13.8. The van der Waals surface area contributed by atoms with Crippen molar-refractivity contribution in [1.29, 1.82) is 0 Å². The van der Waals surface area contributed by atoms with Gasteiger partial charge in [-0.25, -0.2) is 13.9 Å². The molecule has 0 radical (unpaired) electrons. The molecule has 0 fully saturated rings. The lowest BCUT2D eigenvalue weighted by Gasteiger charge is -2.17. The van der Waals surface area contributed by atoms with Crippen molar-refractivity contribution < 1.29 is 13.7 Å². The monoisotopic (exact) mass is 343 g/mol. The summed E-state index contributed by atoms with van der Waals surface area (Å²) in [5.41, 5.74) is 1.56. The van der Waals surface area contributed by atoms with Gasteiger partial charge in [-0.1, -0.05) is 17.3 Å². The van der Waals surface area contributed by atoms with Crippen LogP contribution in [-0.2, 0) is 13.1 Å². The Morgan fingerprint density at radius 3 is 2.76 bits per heavy atom. The molecule has 130 valence electrons. The number of aromatic nitrogens is 3. The van der Waals surface area contributed by atoms with Gasteiger partial charge < -0.3 is 9.42 Å². The quantitative estimate of drug-likeness (QED) is 0.772. The highest BCUT2D eigenvalue weighted by Crippen LogP contribution is 2.12. The number of rotatable bonds is 5. The van der Waals surface area contributed by atoms with Gasteiger partial charge >= 0.3 is 6.03 Å². The van der Waals surface area contributed by atoms with Crippen molar-refractivity contribution in [2.24, 2.45) is 0 Å². The van der Waals surface area contributed by atoms with Gasteiger partial charge in [0.15, 0.2) is 0 Å². The van der Waals surface area contributed by atoms with Crippen LogP contribution in [0.1, 0.15) is 17.0 Å². The minimum absolute atomic E-state index is 0.289. The minimum atomic E-state index is -0.290. The van der Waals surface area contributed by atoms with E-state index in [1.807, 2.05) is 0 Å². The molecule has 3 aromatic rings. The SMILES string of the molecule is Cc1cc(CN(C)C(=O)Nc2ccnn2Cc2ccc(F)cc2)no1. The molecule has 1 N–H and O–H groups in total. The first-order valence-corrected chi connectivity index (χ1v) is 7.72. The number of urea groups is 1. The molecule has 0 unspecified atom stereocenters. The van der Waals surface area contributed by atoms with Crippen LogP contribution in [0.2, 0.25) is 0 Å². The molecule has 25 heavy (non-hydrogen) atoms. The van der Waals surface area contributed by atoms with Gasteiger partial charge in [-0.05, 0) is 24.6 Å². The molecule has 3 rings (SSSR count). The van der Waals surface area contributed by atoms with E-state index < -0.39 is 0 Å². The Morgan fingerprint density at radius 2 is 2.08 bits per heavy atom. The Balaban J connectivity index is 1.63.